The van der Waals surface area contributed by atoms with E-state index in [2.05, 4.69) is 10.3 Å². The summed E-state index contributed by atoms with van der Waals surface area (Å²) in [5.41, 5.74) is -0.522. The molecule has 0 fully saturated rings. The van der Waals surface area contributed by atoms with Gasteiger partial charge in [-0.05, 0) is 27.2 Å². The lowest BCUT2D eigenvalue weighted by Gasteiger charge is -2.19. The van der Waals surface area contributed by atoms with E-state index in [1.54, 1.807) is 20.8 Å². The summed E-state index contributed by atoms with van der Waals surface area (Å²) >= 11 is 0. The number of nitrogens with one attached hydrogen (secondary N) is 1. The fourth-order valence-electron chi connectivity index (χ4n) is 1.58. The molecule has 0 radical (unpaired) electrons. The summed E-state index contributed by atoms with van der Waals surface area (Å²) in [5.74, 6) is -0.266. The van der Waals surface area contributed by atoms with Crippen LogP contribution in [0.2, 0.25) is 0 Å². The Morgan fingerprint density at radius 3 is 2.67 bits per heavy atom. The molecule has 0 saturated carbocycles. The van der Waals surface area contributed by atoms with Crippen molar-refractivity contribution in [3.8, 4) is 0 Å². The van der Waals surface area contributed by atoms with Gasteiger partial charge in [0.25, 0.3) is 5.70 Å². The smallest absolute Gasteiger partial charge is 0.407 e. The Balaban J connectivity index is 2.26. The van der Waals surface area contributed by atoms with Crippen LogP contribution < -0.4 is 5.32 Å². The Labute approximate surface area is 122 Å². The van der Waals surface area contributed by atoms with Crippen molar-refractivity contribution in [3.05, 3.63) is 21.9 Å². The number of amides is 1. The number of ether oxygens (including phenoxy) is 1. The molecule has 1 heterocycles. The monoisotopic (exact) mass is 297 g/mol. The average molecular weight is 297 g/mol. The summed E-state index contributed by atoms with van der Waals surface area (Å²) in [6.07, 6.45) is 1.24. The zero-order chi connectivity index (χ0) is 16.0. The van der Waals surface area contributed by atoms with E-state index in [0.29, 0.717) is 13.0 Å². The number of carbonyl (C=O) groups excluding carboxylic acids is 2. The van der Waals surface area contributed by atoms with Crippen LogP contribution in [0.15, 0.2) is 16.8 Å². The molecule has 8 nitrogen and oxygen atoms in total. The van der Waals surface area contributed by atoms with Crippen LogP contribution in [0.1, 0.15) is 33.6 Å². The van der Waals surface area contributed by atoms with Gasteiger partial charge in [-0.25, -0.2) is 4.79 Å². The number of allylic oxidation sites excluding steroid dienone is 1. The van der Waals surface area contributed by atoms with Crippen LogP contribution in [0.5, 0.6) is 0 Å². The van der Waals surface area contributed by atoms with Crippen LogP contribution in [-0.2, 0) is 9.53 Å². The number of rotatable bonds is 6. The molecule has 21 heavy (non-hydrogen) atoms. The molecule has 1 N–H and O–H groups in total. The highest BCUT2D eigenvalue weighted by Crippen LogP contribution is 2.09. The number of ketones is 1. The summed E-state index contributed by atoms with van der Waals surface area (Å²) in [7, 11) is 0. The maximum absolute atomic E-state index is 11.7. The summed E-state index contributed by atoms with van der Waals surface area (Å²) in [5, 5.41) is 13.0. The molecule has 1 aliphatic heterocycles. The van der Waals surface area contributed by atoms with Gasteiger partial charge in [0.2, 0.25) is 0 Å². The molecule has 0 aromatic heterocycles. The van der Waals surface area contributed by atoms with Crippen molar-refractivity contribution in [3.63, 3.8) is 0 Å². The number of Topliss-reactive ketones (excluding diaryl/α,β-unsaturated/α-hetero) is 1. The molecular formula is C13H19N3O5. The van der Waals surface area contributed by atoms with E-state index in [1.165, 1.54) is 6.08 Å². The standard InChI is InChI=1S/C13H19N3O5/c1-13(2,3)21-12(18)14-6-4-5-11(17)10-7-9(8-15-10)16(19)20/h7H,4-6,8H2,1-3H3,(H,14,18). The number of aliphatic imine (C=N–C) groups is 1. The molecule has 1 aliphatic rings. The number of hydrogen-bond acceptors (Lipinski definition) is 6. The Morgan fingerprint density at radius 1 is 1.48 bits per heavy atom. The molecule has 0 spiro atoms. The number of nitrogens with zero attached hydrogens (tertiary/aromatic N) is 2. The molecule has 0 aromatic carbocycles. The SMILES string of the molecule is CC(C)(C)OC(=O)NCCCC(=O)C1=NCC([N+](=O)[O-])=C1. The highest BCUT2D eigenvalue weighted by Gasteiger charge is 2.22. The first kappa shape index (κ1) is 16.8. The van der Waals surface area contributed by atoms with E-state index in [9.17, 15) is 19.7 Å². The molecule has 8 heteroatoms. The molecule has 1 rings (SSSR count). The Morgan fingerprint density at radius 2 is 2.14 bits per heavy atom. The molecule has 0 bridgehead atoms. The van der Waals surface area contributed by atoms with Crippen LogP contribution in [0.4, 0.5) is 4.79 Å². The summed E-state index contributed by atoms with van der Waals surface area (Å²) < 4.78 is 5.04. The largest absolute Gasteiger partial charge is 0.444 e. The lowest BCUT2D eigenvalue weighted by molar-refractivity contribution is -0.424. The lowest BCUT2D eigenvalue weighted by Crippen LogP contribution is -2.33. The van der Waals surface area contributed by atoms with Gasteiger partial charge in [-0.15, -0.1) is 0 Å². The molecule has 1 amide bonds. The quantitative estimate of drug-likeness (QED) is 0.453. The van der Waals surface area contributed by atoms with Crippen molar-refractivity contribution >= 4 is 17.6 Å². The van der Waals surface area contributed by atoms with Crippen LogP contribution in [0, 0.1) is 10.1 Å². The van der Waals surface area contributed by atoms with E-state index >= 15 is 0 Å². The fourth-order valence-corrected chi connectivity index (χ4v) is 1.58. The molecule has 0 aliphatic carbocycles. The first-order chi connectivity index (χ1) is 9.69. The second-order valence-corrected chi connectivity index (χ2v) is 5.55. The zero-order valence-corrected chi connectivity index (χ0v) is 12.3. The molecule has 0 aromatic rings. The van der Waals surface area contributed by atoms with E-state index in [4.69, 9.17) is 4.74 Å². The van der Waals surface area contributed by atoms with Crippen molar-refractivity contribution < 1.29 is 19.2 Å². The summed E-state index contributed by atoms with van der Waals surface area (Å²) in [6, 6.07) is 0. The second kappa shape index (κ2) is 6.96. The minimum Gasteiger partial charge on any atom is -0.444 e. The van der Waals surface area contributed by atoms with Crippen molar-refractivity contribution in [1.29, 1.82) is 0 Å². The van der Waals surface area contributed by atoms with Crippen LogP contribution >= 0.6 is 0 Å². The fraction of sp³-hybridized carbons (Fsp3) is 0.615. The third-order valence-electron chi connectivity index (χ3n) is 2.48. The zero-order valence-electron chi connectivity index (χ0n) is 12.3. The van der Waals surface area contributed by atoms with E-state index in [1.807, 2.05) is 0 Å². The van der Waals surface area contributed by atoms with E-state index in [-0.39, 0.29) is 30.2 Å². The average Bonchev–Trinajstić information content (AvgIpc) is 2.81. The number of alkyl carbamates (subject to hydrolysis) is 1. The topological polar surface area (TPSA) is 111 Å². The summed E-state index contributed by atoms with van der Waals surface area (Å²) in [4.78, 5) is 36.9. The van der Waals surface area contributed by atoms with Crippen molar-refractivity contribution in [2.24, 2.45) is 4.99 Å². The Hall–Kier alpha value is -2.25. The van der Waals surface area contributed by atoms with Crippen molar-refractivity contribution in [2.75, 3.05) is 13.1 Å². The van der Waals surface area contributed by atoms with Gasteiger partial charge in [0, 0.05) is 19.0 Å². The second-order valence-electron chi connectivity index (χ2n) is 5.55. The van der Waals surface area contributed by atoms with Gasteiger partial charge in [0.15, 0.2) is 5.78 Å². The maximum atomic E-state index is 11.7. The van der Waals surface area contributed by atoms with Gasteiger partial charge < -0.3 is 10.1 Å². The minimum absolute atomic E-state index is 0.0652. The number of carbonyl (C=O) groups is 2. The predicted octanol–water partition coefficient (Wildman–Crippen LogP) is 1.48. The van der Waals surface area contributed by atoms with E-state index < -0.39 is 16.6 Å². The first-order valence-corrected chi connectivity index (χ1v) is 6.58. The van der Waals surface area contributed by atoms with Crippen LogP contribution in [0.25, 0.3) is 0 Å². The highest BCUT2D eigenvalue weighted by atomic mass is 16.6. The van der Waals surface area contributed by atoms with Gasteiger partial charge in [-0.2, -0.15) is 0 Å². The first-order valence-electron chi connectivity index (χ1n) is 6.58. The predicted molar refractivity (Wildman–Crippen MR) is 75.9 cm³/mol. The van der Waals surface area contributed by atoms with Crippen LogP contribution in [-0.4, -0.2) is 41.2 Å². The minimum atomic E-state index is -0.567. The molecule has 0 saturated heterocycles. The normalized spacial score (nSPS) is 14.2. The van der Waals surface area contributed by atoms with Crippen molar-refractivity contribution in [1.82, 2.24) is 5.32 Å². The van der Waals surface area contributed by atoms with Crippen LogP contribution in [0.3, 0.4) is 0 Å². The van der Waals surface area contributed by atoms with Gasteiger partial charge in [0.1, 0.15) is 17.9 Å². The highest BCUT2D eigenvalue weighted by molar-refractivity contribution is 6.44. The maximum Gasteiger partial charge on any atom is 0.407 e. The molecular weight excluding hydrogens is 278 g/mol. The molecule has 0 atom stereocenters. The third kappa shape index (κ3) is 6.15. The number of nitro groups is 1. The molecule has 0 unspecified atom stereocenters. The third-order valence-corrected chi connectivity index (χ3v) is 2.48. The van der Waals surface area contributed by atoms with Gasteiger partial charge in [-0.1, -0.05) is 0 Å². The van der Waals surface area contributed by atoms with Gasteiger partial charge >= 0.3 is 6.09 Å². The van der Waals surface area contributed by atoms with Crippen molar-refractivity contribution in [2.45, 2.75) is 39.2 Å². The summed E-state index contributed by atoms with van der Waals surface area (Å²) in [6.45, 7) is 5.50. The Kier molecular flexibility index (Phi) is 5.57. The molecule has 116 valence electrons. The van der Waals surface area contributed by atoms with Gasteiger partial charge in [0.05, 0.1) is 4.92 Å². The van der Waals surface area contributed by atoms with Gasteiger partial charge in [-0.3, -0.25) is 19.9 Å². The number of hydrogen-bond donors (Lipinski definition) is 1. The van der Waals surface area contributed by atoms with E-state index in [0.717, 1.165) is 0 Å². The lowest BCUT2D eigenvalue weighted by atomic mass is 10.1. The Bertz CT molecular complexity index is 502.